The Balaban J connectivity index is 2.14. The van der Waals surface area contributed by atoms with E-state index in [4.69, 9.17) is 0 Å². The summed E-state index contributed by atoms with van der Waals surface area (Å²) < 4.78 is 0. The average Bonchev–Trinajstić information content (AvgIpc) is 2.34. The van der Waals surface area contributed by atoms with Crippen LogP contribution in [0.15, 0.2) is 0 Å². The Morgan fingerprint density at radius 1 is 1.73 bits per heavy atom. The van der Waals surface area contributed by atoms with Gasteiger partial charge in [0.1, 0.15) is 0 Å². The molecule has 0 aromatic carbocycles. The number of thioether (sulfide) groups is 1. The standard InChI is InChI=1S/C7H12N2OS/c1-9-7-5(10)4-11-6(7)2-3-8-9/h6-8H,2-4H2,1H3. The molecule has 4 heteroatoms. The number of nitrogens with one attached hydrogen (secondary N) is 1. The number of hydrazine groups is 1. The van der Waals surface area contributed by atoms with Crippen LogP contribution in [0.3, 0.4) is 0 Å². The van der Waals surface area contributed by atoms with E-state index in [1.807, 2.05) is 12.1 Å². The number of rotatable bonds is 0. The smallest absolute Gasteiger partial charge is 0.162 e. The highest BCUT2D eigenvalue weighted by Crippen LogP contribution is 2.31. The van der Waals surface area contributed by atoms with Crippen LogP contribution in [-0.4, -0.2) is 41.4 Å². The zero-order valence-corrected chi connectivity index (χ0v) is 7.36. The Hall–Kier alpha value is -0.0600. The molecule has 2 saturated heterocycles. The van der Waals surface area contributed by atoms with Crippen LogP contribution >= 0.6 is 11.8 Å². The molecule has 11 heavy (non-hydrogen) atoms. The van der Waals surface area contributed by atoms with Crippen LogP contribution in [0, 0.1) is 0 Å². The summed E-state index contributed by atoms with van der Waals surface area (Å²) in [6, 6.07) is 0.147. The highest BCUT2D eigenvalue weighted by atomic mass is 32.2. The largest absolute Gasteiger partial charge is 0.297 e. The van der Waals surface area contributed by atoms with Crippen molar-refractivity contribution >= 4 is 17.5 Å². The first-order valence-corrected chi connectivity index (χ1v) is 4.94. The van der Waals surface area contributed by atoms with E-state index in [-0.39, 0.29) is 6.04 Å². The van der Waals surface area contributed by atoms with E-state index in [0.29, 0.717) is 16.8 Å². The van der Waals surface area contributed by atoms with Crippen LogP contribution < -0.4 is 5.43 Å². The lowest BCUT2D eigenvalue weighted by Gasteiger charge is -2.33. The van der Waals surface area contributed by atoms with Gasteiger partial charge in [0.05, 0.1) is 11.8 Å². The topological polar surface area (TPSA) is 32.3 Å². The second-order valence-electron chi connectivity index (χ2n) is 3.07. The first-order chi connectivity index (χ1) is 5.29. The second kappa shape index (κ2) is 2.77. The summed E-state index contributed by atoms with van der Waals surface area (Å²) in [4.78, 5) is 11.3. The van der Waals surface area contributed by atoms with Gasteiger partial charge in [-0.3, -0.25) is 10.2 Å². The fourth-order valence-corrected chi connectivity index (χ4v) is 3.11. The summed E-state index contributed by atoms with van der Waals surface area (Å²) >= 11 is 1.81. The summed E-state index contributed by atoms with van der Waals surface area (Å²) in [5.74, 6) is 1.09. The molecule has 1 N–H and O–H groups in total. The minimum Gasteiger partial charge on any atom is -0.297 e. The SMILES string of the molecule is CN1NCCC2SCC(=O)C21. The maximum atomic E-state index is 11.3. The van der Waals surface area contributed by atoms with Crippen LogP contribution in [0.1, 0.15) is 6.42 Å². The van der Waals surface area contributed by atoms with Crippen LogP contribution in [0.25, 0.3) is 0 Å². The highest BCUT2D eigenvalue weighted by Gasteiger charge is 2.40. The van der Waals surface area contributed by atoms with Crippen molar-refractivity contribution in [1.82, 2.24) is 10.4 Å². The molecule has 62 valence electrons. The molecule has 0 spiro atoms. The number of carbonyl (C=O) groups excluding carboxylic acids is 1. The Bertz CT molecular complexity index is 185. The van der Waals surface area contributed by atoms with Gasteiger partial charge in [0.2, 0.25) is 0 Å². The van der Waals surface area contributed by atoms with Crippen LogP contribution in [0.4, 0.5) is 0 Å². The van der Waals surface area contributed by atoms with E-state index in [1.165, 1.54) is 0 Å². The molecule has 0 aliphatic carbocycles. The quantitative estimate of drug-likeness (QED) is 0.552. The molecular formula is C7H12N2OS. The molecule has 2 aliphatic rings. The van der Waals surface area contributed by atoms with E-state index in [9.17, 15) is 4.79 Å². The number of hydrogen-bond donors (Lipinski definition) is 1. The Labute approximate surface area is 70.5 Å². The molecule has 2 heterocycles. The number of carbonyl (C=O) groups is 1. The third kappa shape index (κ3) is 1.19. The van der Waals surface area contributed by atoms with Crippen LogP contribution in [0.5, 0.6) is 0 Å². The fourth-order valence-electron chi connectivity index (χ4n) is 1.76. The minimum absolute atomic E-state index is 0.147. The van der Waals surface area contributed by atoms with Crippen molar-refractivity contribution in [1.29, 1.82) is 0 Å². The zero-order chi connectivity index (χ0) is 7.84. The van der Waals surface area contributed by atoms with Crippen molar-refractivity contribution in [2.75, 3.05) is 19.3 Å². The van der Waals surface area contributed by atoms with E-state index < -0.39 is 0 Å². The molecule has 2 unspecified atom stereocenters. The lowest BCUT2D eigenvalue weighted by atomic mass is 10.1. The van der Waals surface area contributed by atoms with Crippen molar-refractivity contribution in [2.45, 2.75) is 17.7 Å². The molecule has 2 aliphatic heterocycles. The van der Waals surface area contributed by atoms with Crippen molar-refractivity contribution in [3.63, 3.8) is 0 Å². The highest BCUT2D eigenvalue weighted by molar-refractivity contribution is 8.01. The van der Waals surface area contributed by atoms with Crippen LogP contribution in [-0.2, 0) is 4.79 Å². The first-order valence-electron chi connectivity index (χ1n) is 3.89. The molecular weight excluding hydrogens is 160 g/mol. The van der Waals surface area contributed by atoms with Crippen molar-refractivity contribution < 1.29 is 4.79 Å². The monoisotopic (exact) mass is 172 g/mol. The lowest BCUT2D eigenvalue weighted by Crippen LogP contribution is -2.54. The summed E-state index contributed by atoms with van der Waals surface area (Å²) in [6.07, 6.45) is 1.13. The minimum atomic E-state index is 0.147. The molecule has 0 amide bonds. The van der Waals surface area contributed by atoms with E-state index in [0.717, 1.165) is 13.0 Å². The summed E-state index contributed by atoms with van der Waals surface area (Å²) in [6.45, 7) is 1.01. The molecule has 0 aromatic heterocycles. The normalized spacial score (nSPS) is 39.2. The molecule has 3 nitrogen and oxygen atoms in total. The van der Waals surface area contributed by atoms with Gasteiger partial charge in [-0.2, -0.15) is 0 Å². The van der Waals surface area contributed by atoms with Gasteiger partial charge in [0, 0.05) is 18.8 Å². The Kier molecular flexibility index (Phi) is 1.91. The third-order valence-corrected chi connectivity index (χ3v) is 3.70. The summed E-state index contributed by atoms with van der Waals surface area (Å²) in [5.41, 5.74) is 3.18. The number of Topliss-reactive ketones (excluding diaryl/α,β-unsaturated/α-hetero) is 1. The Morgan fingerprint density at radius 2 is 2.55 bits per heavy atom. The molecule has 0 bridgehead atoms. The predicted octanol–water partition coefficient (Wildman–Crippen LogP) is -0.120. The zero-order valence-electron chi connectivity index (χ0n) is 6.54. The fraction of sp³-hybridized carbons (Fsp3) is 0.857. The van der Waals surface area contributed by atoms with Crippen molar-refractivity contribution in [3.8, 4) is 0 Å². The molecule has 2 fully saturated rings. The molecule has 0 saturated carbocycles. The number of fused-ring (bicyclic) bond motifs is 1. The van der Waals surface area contributed by atoms with Crippen molar-refractivity contribution in [3.05, 3.63) is 0 Å². The summed E-state index contributed by atoms with van der Waals surface area (Å²) in [7, 11) is 1.96. The van der Waals surface area contributed by atoms with Gasteiger partial charge >= 0.3 is 0 Å². The number of nitrogens with zero attached hydrogens (tertiary/aromatic N) is 1. The number of likely N-dealkylation sites (N-methyl/N-ethyl adjacent to an activating group) is 1. The lowest BCUT2D eigenvalue weighted by molar-refractivity contribution is -0.122. The van der Waals surface area contributed by atoms with Gasteiger partial charge in [0.25, 0.3) is 0 Å². The molecule has 0 radical (unpaired) electrons. The van der Waals surface area contributed by atoms with Gasteiger partial charge in [-0.25, -0.2) is 5.01 Å². The van der Waals surface area contributed by atoms with Gasteiger partial charge in [-0.1, -0.05) is 0 Å². The molecule has 0 aromatic rings. The number of hydrogen-bond acceptors (Lipinski definition) is 4. The molecule has 2 rings (SSSR count). The van der Waals surface area contributed by atoms with Gasteiger partial charge in [0.15, 0.2) is 5.78 Å². The van der Waals surface area contributed by atoms with Gasteiger partial charge in [-0.05, 0) is 6.42 Å². The first kappa shape index (κ1) is 7.58. The third-order valence-electron chi connectivity index (χ3n) is 2.33. The Morgan fingerprint density at radius 3 is 3.27 bits per heavy atom. The van der Waals surface area contributed by atoms with E-state index in [2.05, 4.69) is 5.43 Å². The molecule has 2 atom stereocenters. The van der Waals surface area contributed by atoms with E-state index >= 15 is 0 Å². The van der Waals surface area contributed by atoms with E-state index in [1.54, 1.807) is 11.8 Å². The van der Waals surface area contributed by atoms with Crippen molar-refractivity contribution in [2.24, 2.45) is 0 Å². The maximum Gasteiger partial charge on any atom is 0.162 e. The van der Waals surface area contributed by atoms with Gasteiger partial charge < -0.3 is 0 Å². The second-order valence-corrected chi connectivity index (χ2v) is 4.30. The van der Waals surface area contributed by atoms with Crippen LogP contribution in [0.2, 0.25) is 0 Å². The predicted molar refractivity (Wildman–Crippen MR) is 45.4 cm³/mol. The van der Waals surface area contributed by atoms with Gasteiger partial charge in [-0.15, -0.1) is 11.8 Å². The number of ketones is 1. The summed E-state index contributed by atoms with van der Waals surface area (Å²) in [5, 5.41) is 2.52. The average molecular weight is 172 g/mol. The maximum absolute atomic E-state index is 11.3.